The van der Waals surface area contributed by atoms with E-state index in [4.69, 9.17) is 4.42 Å². The first-order valence-corrected chi connectivity index (χ1v) is 5.66. The molecule has 0 radical (unpaired) electrons. The van der Waals surface area contributed by atoms with Crippen LogP contribution in [0.5, 0.6) is 0 Å². The van der Waals surface area contributed by atoms with Crippen LogP contribution < -0.4 is 5.43 Å². The van der Waals surface area contributed by atoms with Crippen molar-refractivity contribution < 1.29 is 9.34 Å². The molecule has 0 saturated heterocycles. The Hall–Kier alpha value is -2.63. The number of rotatable bonds is 1. The van der Waals surface area contributed by atoms with E-state index in [0.29, 0.717) is 11.0 Å². The van der Waals surface area contributed by atoms with Gasteiger partial charge in [0.15, 0.2) is 0 Å². The van der Waals surface area contributed by atoms with E-state index < -0.39 is 4.92 Å². The summed E-state index contributed by atoms with van der Waals surface area (Å²) in [4.78, 5) is 22.7. The molecular formula is C13H10N2O4. The molecule has 2 aromatic heterocycles. The van der Waals surface area contributed by atoms with Gasteiger partial charge in [0.05, 0.1) is 18.5 Å². The summed E-state index contributed by atoms with van der Waals surface area (Å²) in [6.45, 7) is 1.87. The van der Waals surface area contributed by atoms with Crippen LogP contribution in [0.3, 0.4) is 0 Å². The van der Waals surface area contributed by atoms with Crippen LogP contribution in [0.4, 0.5) is 5.82 Å². The van der Waals surface area contributed by atoms with Crippen LogP contribution in [0.25, 0.3) is 22.1 Å². The van der Waals surface area contributed by atoms with E-state index in [0.717, 1.165) is 5.56 Å². The fourth-order valence-electron chi connectivity index (χ4n) is 2.19. The lowest BCUT2D eigenvalue weighted by molar-refractivity contribution is -0.391. The molecule has 2 heterocycles. The number of aryl methyl sites for hydroxylation is 2. The van der Waals surface area contributed by atoms with Crippen LogP contribution in [0.1, 0.15) is 5.56 Å². The molecule has 0 atom stereocenters. The first kappa shape index (κ1) is 11.5. The van der Waals surface area contributed by atoms with E-state index in [1.807, 2.05) is 13.0 Å². The first-order chi connectivity index (χ1) is 8.99. The average molecular weight is 258 g/mol. The molecule has 0 bridgehead atoms. The Morgan fingerprint density at radius 2 is 2.00 bits per heavy atom. The van der Waals surface area contributed by atoms with Crippen molar-refractivity contribution in [3.8, 4) is 0 Å². The summed E-state index contributed by atoms with van der Waals surface area (Å²) in [7, 11) is 1.50. The highest BCUT2D eigenvalue weighted by atomic mass is 16.6. The minimum atomic E-state index is -0.537. The number of nitrogens with zero attached hydrogens (tertiary/aromatic N) is 2. The van der Waals surface area contributed by atoms with Crippen LogP contribution in [0.15, 0.2) is 33.5 Å². The standard InChI is InChI=1S/C13H10N2O4/c1-7-3-4-10-8(5-7)12(16)9-6-11(15(17)18)14(2)13(9)19-10/h3-6H,1-2H3. The van der Waals surface area contributed by atoms with Gasteiger partial charge in [0.2, 0.25) is 5.43 Å². The van der Waals surface area contributed by atoms with E-state index in [-0.39, 0.29) is 22.3 Å². The van der Waals surface area contributed by atoms with Gasteiger partial charge in [0.25, 0.3) is 0 Å². The second-order valence-corrected chi connectivity index (χ2v) is 4.47. The van der Waals surface area contributed by atoms with Gasteiger partial charge >= 0.3 is 11.5 Å². The summed E-state index contributed by atoms with van der Waals surface area (Å²) < 4.78 is 6.88. The Kier molecular flexibility index (Phi) is 2.22. The normalized spacial score (nSPS) is 11.3. The summed E-state index contributed by atoms with van der Waals surface area (Å²) in [6.07, 6.45) is 0. The van der Waals surface area contributed by atoms with Crippen molar-refractivity contribution in [2.75, 3.05) is 0 Å². The SMILES string of the molecule is Cc1ccc2oc3c(cc([N+](=O)[O-])n3C)c(=O)c2c1. The summed E-state index contributed by atoms with van der Waals surface area (Å²) in [6, 6.07) is 6.50. The monoisotopic (exact) mass is 258 g/mol. The molecule has 19 heavy (non-hydrogen) atoms. The van der Waals surface area contributed by atoms with Crippen molar-refractivity contribution in [3.63, 3.8) is 0 Å². The molecule has 0 amide bonds. The smallest absolute Gasteiger partial charge is 0.326 e. The predicted octanol–water partition coefficient (Wildman–Crippen LogP) is 2.50. The van der Waals surface area contributed by atoms with Crippen molar-refractivity contribution in [1.82, 2.24) is 4.57 Å². The number of hydrogen-bond donors (Lipinski definition) is 0. The van der Waals surface area contributed by atoms with Gasteiger partial charge in [-0.3, -0.25) is 4.79 Å². The van der Waals surface area contributed by atoms with Crippen molar-refractivity contribution in [2.45, 2.75) is 6.92 Å². The molecular weight excluding hydrogens is 248 g/mol. The number of hydrogen-bond acceptors (Lipinski definition) is 4. The molecule has 0 aliphatic rings. The van der Waals surface area contributed by atoms with E-state index in [2.05, 4.69) is 0 Å². The third-order valence-electron chi connectivity index (χ3n) is 3.17. The maximum absolute atomic E-state index is 12.3. The van der Waals surface area contributed by atoms with Gasteiger partial charge in [-0.2, -0.15) is 4.57 Å². The molecule has 1 aromatic carbocycles. The summed E-state index contributed by atoms with van der Waals surface area (Å²) >= 11 is 0. The highest BCUT2D eigenvalue weighted by molar-refractivity contribution is 5.90. The first-order valence-electron chi connectivity index (χ1n) is 5.66. The highest BCUT2D eigenvalue weighted by Gasteiger charge is 2.21. The molecule has 3 rings (SSSR count). The minimum Gasteiger partial charge on any atom is -0.422 e. The Bertz CT molecular complexity index is 889. The Morgan fingerprint density at radius 1 is 1.26 bits per heavy atom. The van der Waals surface area contributed by atoms with Gasteiger partial charge < -0.3 is 14.5 Å². The van der Waals surface area contributed by atoms with E-state index in [1.54, 1.807) is 12.1 Å². The maximum Gasteiger partial charge on any atom is 0.326 e. The fraction of sp³-hybridized carbons (Fsp3) is 0.154. The van der Waals surface area contributed by atoms with Crippen LogP contribution in [-0.4, -0.2) is 9.49 Å². The molecule has 0 N–H and O–H groups in total. The average Bonchev–Trinajstić information content (AvgIpc) is 2.69. The van der Waals surface area contributed by atoms with Crippen LogP contribution >= 0.6 is 0 Å². The summed E-state index contributed by atoms with van der Waals surface area (Å²) in [5, 5.41) is 11.6. The van der Waals surface area contributed by atoms with E-state index >= 15 is 0 Å². The minimum absolute atomic E-state index is 0.164. The summed E-state index contributed by atoms with van der Waals surface area (Å²) in [5.74, 6) is -0.164. The molecule has 6 nitrogen and oxygen atoms in total. The lowest BCUT2D eigenvalue weighted by atomic mass is 10.1. The third kappa shape index (κ3) is 1.53. The Labute approximate surface area is 107 Å². The molecule has 0 aliphatic carbocycles. The van der Waals surface area contributed by atoms with Gasteiger partial charge in [-0.1, -0.05) is 11.6 Å². The Balaban J connectivity index is 2.54. The van der Waals surface area contributed by atoms with Crippen molar-refractivity contribution in [3.05, 3.63) is 50.2 Å². The van der Waals surface area contributed by atoms with Crippen molar-refractivity contribution >= 4 is 27.9 Å². The molecule has 0 saturated carbocycles. The zero-order chi connectivity index (χ0) is 13.7. The topological polar surface area (TPSA) is 78.3 Å². The largest absolute Gasteiger partial charge is 0.422 e. The van der Waals surface area contributed by atoms with Crippen molar-refractivity contribution in [2.24, 2.45) is 7.05 Å². The fourth-order valence-corrected chi connectivity index (χ4v) is 2.19. The van der Waals surface area contributed by atoms with Gasteiger partial charge in [-0.05, 0) is 24.0 Å². The number of aromatic nitrogens is 1. The summed E-state index contributed by atoms with van der Waals surface area (Å²) in [5.41, 5.74) is 1.33. The second kappa shape index (κ2) is 3.68. The third-order valence-corrected chi connectivity index (χ3v) is 3.17. The van der Waals surface area contributed by atoms with Crippen LogP contribution in [0.2, 0.25) is 0 Å². The molecule has 3 aromatic rings. The predicted molar refractivity (Wildman–Crippen MR) is 70.4 cm³/mol. The van der Waals surface area contributed by atoms with Gasteiger partial charge in [-0.15, -0.1) is 0 Å². The van der Waals surface area contributed by atoms with Crippen molar-refractivity contribution in [1.29, 1.82) is 0 Å². The maximum atomic E-state index is 12.3. The van der Waals surface area contributed by atoms with E-state index in [1.165, 1.54) is 17.7 Å². The number of benzene rings is 1. The molecule has 0 spiro atoms. The number of fused-ring (bicyclic) bond motifs is 2. The quantitative estimate of drug-likeness (QED) is 0.496. The van der Waals surface area contributed by atoms with Gasteiger partial charge in [-0.25, -0.2) is 0 Å². The highest BCUT2D eigenvalue weighted by Crippen LogP contribution is 2.25. The van der Waals surface area contributed by atoms with Crippen LogP contribution in [0, 0.1) is 17.0 Å². The second-order valence-electron chi connectivity index (χ2n) is 4.47. The van der Waals surface area contributed by atoms with E-state index in [9.17, 15) is 14.9 Å². The lowest BCUT2D eigenvalue weighted by Gasteiger charge is -1.98. The Morgan fingerprint density at radius 3 is 2.68 bits per heavy atom. The van der Waals surface area contributed by atoms with Crippen LogP contribution in [-0.2, 0) is 7.05 Å². The van der Waals surface area contributed by atoms with Gasteiger partial charge in [0.1, 0.15) is 11.0 Å². The number of nitro groups is 1. The lowest BCUT2D eigenvalue weighted by Crippen LogP contribution is -2.02. The molecule has 6 heteroatoms. The zero-order valence-electron chi connectivity index (χ0n) is 10.3. The molecule has 0 fully saturated rings. The molecule has 0 aliphatic heterocycles. The molecule has 96 valence electrons. The molecule has 0 unspecified atom stereocenters. The zero-order valence-corrected chi connectivity index (χ0v) is 10.3. The van der Waals surface area contributed by atoms with Gasteiger partial charge in [0, 0.05) is 0 Å².